The van der Waals surface area contributed by atoms with Crippen LogP contribution in [0.2, 0.25) is 0 Å². The topological polar surface area (TPSA) is 137 Å². The molecule has 8 heteroatoms. The maximum atomic E-state index is 11.1. The van der Waals surface area contributed by atoms with E-state index in [2.05, 4.69) is 0 Å². The summed E-state index contributed by atoms with van der Waals surface area (Å²) in [5.41, 5.74) is 0.989. The number of aromatic hydroxyl groups is 4. The van der Waals surface area contributed by atoms with Crippen molar-refractivity contribution in [3.05, 3.63) is 41.5 Å². The van der Waals surface area contributed by atoms with E-state index in [1.54, 1.807) is 19.9 Å². The van der Waals surface area contributed by atoms with E-state index in [4.69, 9.17) is 14.6 Å². The van der Waals surface area contributed by atoms with Crippen molar-refractivity contribution in [3.8, 4) is 28.7 Å². The van der Waals surface area contributed by atoms with E-state index in [9.17, 15) is 25.2 Å². The van der Waals surface area contributed by atoms with Gasteiger partial charge in [-0.3, -0.25) is 4.79 Å². The summed E-state index contributed by atoms with van der Waals surface area (Å²) in [5.74, 6) is -2.11. The molecule has 5 N–H and O–H groups in total. The highest BCUT2D eigenvalue weighted by molar-refractivity contribution is 5.69. The Balaban J connectivity index is 1.92. The first kappa shape index (κ1) is 20.6. The van der Waals surface area contributed by atoms with Crippen molar-refractivity contribution >= 4 is 5.97 Å². The molecule has 0 spiro atoms. The second-order valence-corrected chi connectivity index (χ2v) is 7.39. The lowest BCUT2D eigenvalue weighted by atomic mass is 9.93. The molecule has 29 heavy (non-hydrogen) atoms. The lowest BCUT2D eigenvalue weighted by Gasteiger charge is -2.36. The quantitative estimate of drug-likeness (QED) is 0.463. The minimum Gasteiger partial charge on any atom is -0.508 e. The minimum atomic E-state index is -0.918. The summed E-state index contributed by atoms with van der Waals surface area (Å²) < 4.78 is 12.1. The van der Waals surface area contributed by atoms with E-state index in [0.29, 0.717) is 11.1 Å². The molecule has 1 aliphatic rings. The Bertz CT molecular complexity index is 910. The maximum Gasteiger partial charge on any atom is 0.306 e. The van der Waals surface area contributed by atoms with Gasteiger partial charge in [0.15, 0.2) is 17.6 Å². The minimum absolute atomic E-state index is 0.132. The fourth-order valence-electron chi connectivity index (χ4n) is 3.52. The summed E-state index contributed by atoms with van der Waals surface area (Å²) in [5, 5.41) is 48.6. The number of rotatable bonds is 6. The predicted molar refractivity (Wildman–Crippen MR) is 102 cm³/mol. The Hall–Kier alpha value is -3.13. The first-order valence-corrected chi connectivity index (χ1v) is 9.27. The molecular formula is C21H24O8. The van der Waals surface area contributed by atoms with Gasteiger partial charge in [0.05, 0.1) is 12.0 Å². The molecule has 0 saturated carbocycles. The van der Waals surface area contributed by atoms with Crippen LogP contribution >= 0.6 is 0 Å². The van der Waals surface area contributed by atoms with Gasteiger partial charge in [-0.15, -0.1) is 0 Å². The van der Waals surface area contributed by atoms with Crippen LogP contribution in [-0.2, 0) is 16.0 Å². The summed E-state index contributed by atoms with van der Waals surface area (Å²) in [4.78, 5) is 11.1. The van der Waals surface area contributed by atoms with E-state index in [1.165, 1.54) is 24.3 Å². The van der Waals surface area contributed by atoms with Crippen molar-refractivity contribution < 1.29 is 39.8 Å². The molecule has 0 aliphatic carbocycles. The van der Waals surface area contributed by atoms with Gasteiger partial charge < -0.3 is 35.0 Å². The van der Waals surface area contributed by atoms with Crippen molar-refractivity contribution in [2.24, 2.45) is 5.92 Å². The molecule has 8 nitrogen and oxygen atoms in total. The van der Waals surface area contributed by atoms with Crippen molar-refractivity contribution in [2.45, 2.75) is 45.0 Å². The smallest absolute Gasteiger partial charge is 0.306 e. The van der Waals surface area contributed by atoms with Crippen LogP contribution in [0.25, 0.3) is 0 Å². The summed E-state index contributed by atoms with van der Waals surface area (Å²) in [6.07, 6.45) is -1.19. The molecular weight excluding hydrogens is 380 g/mol. The van der Waals surface area contributed by atoms with Gasteiger partial charge in [-0.1, -0.05) is 13.0 Å². The summed E-state index contributed by atoms with van der Waals surface area (Å²) in [7, 11) is 0. The summed E-state index contributed by atoms with van der Waals surface area (Å²) >= 11 is 0. The van der Waals surface area contributed by atoms with E-state index < -0.39 is 30.2 Å². The third-order valence-electron chi connectivity index (χ3n) is 5.01. The van der Waals surface area contributed by atoms with Crippen LogP contribution in [0.3, 0.4) is 0 Å². The molecule has 0 fully saturated rings. The van der Waals surface area contributed by atoms with Gasteiger partial charge >= 0.3 is 5.97 Å². The van der Waals surface area contributed by atoms with Crippen LogP contribution in [0.15, 0.2) is 30.3 Å². The van der Waals surface area contributed by atoms with Crippen LogP contribution in [0, 0.1) is 5.92 Å². The third kappa shape index (κ3) is 4.48. The van der Waals surface area contributed by atoms with Gasteiger partial charge in [0.1, 0.15) is 23.4 Å². The molecule has 0 amide bonds. The zero-order valence-corrected chi connectivity index (χ0v) is 16.1. The van der Waals surface area contributed by atoms with Gasteiger partial charge in [-0.25, -0.2) is 0 Å². The van der Waals surface area contributed by atoms with E-state index in [0.717, 1.165) is 0 Å². The Morgan fingerprint density at radius 3 is 2.48 bits per heavy atom. The zero-order chi connectivity index (χ0) is 21.3. The predicted octanol–water partition coefficient (Wildman–Crippen LogP) is 3.07. The van der Waals surface area contributed by atoms with Gasteiger partial charge in [0.2, 0.25) is 0 Å². The van der Waals surface area contributed by atoms with Crippen LogP contribution in [0.5, 0.6) is 28.7 Å². The lowest BCUT2D eigenvalue weighted by molar-refractivity contribution is -0.143. The van der Waals surface area contributed by atoms with Gasteiger partial charge in [0.25, 0.3) is 0 Å². The number of carbonyl (C=O) groups is 1. The molecule has 2 aromatic carbocycles. The van der Waals surface area contributed by atoms with E-state index >= 15 is 0 Å². The largest absolute Gasteiger partial charge is 0.508 e. The van der Waals surface area contributed by atoms with E-state index in [1.807, 2.05) is 0 Å². The Labute approximate surface area is 167 Å². The molecule has 1 heterocycles. The maximum absolute atomic E-state index is 11.1. The molecule has 0 bridgehead atoms. The second kappa shape index (κ2) is 8.08. The monoisotopic (exact) mass is 404 g/mol. The van der Waals surface area contributed by atoms with Crippen LogP contribution < -0.4 is 4.74 Å². The first-order valence-electron chi connectivity index (χ1n) is 9.27. The summed E-state index contributed by atoms with van der Waals surface area (Å²) in [6.45, 7) is 3.36. The van der Waals surface area contributed by atoms with Crippen molar-refractivity contribution in [1.82, 2.24) is 0 Å². The average molecular weight is 404 g/mol. The Morgan fingerprint density at radius 2 is 1.83 bits per heavy atom. The molecule has 0 saturated heterocycles. The van der Waals surface area contributed by atoms with Crippen LogP contribution in [0.1, 0.15) is 37.5 Å². The zero-order valence-electron chi connectivity index (χ0n) is 16.1. The second-order valence-electron chi connectivity index (χ2n) is 7.39. The standard InChI is InChI=1S/C21H24O8/c1-10(21(26)27)5-11(2)28-19-9-14-16(24)7-13(22)8-18(14)29-20(19)12-3-4-15(23)17(25)6-12/h3-4,6-8,10-11,19-20,22-25H,5,9H2,1-2H3,(H,26,27)/t10?,11?,19-,20-/m1/s1. The number of benzene rings is 2. The van der Waals surface area contributed by atoms with Crippen LogP contribution in [0.4, 0.5) is 0 Å². The van der Waals surface area contributed by atoms with Gasteiger partial charge in [-0.05, 0) is 31.0 Å². The lowest BCUT2D eigenvalue weighted by Crippen LogP contribution is -2.36. The molecule has 0 aromatic heterocycles. The number of fused-ring (bicyclic) bond motifs is 1. The number of carboxylic acids is 1. The molecule has 2 unspecified atom stereocenters. The summed E-state index contributed by atoms with van der Waals surface area (Å²) in [6, 6.07) is 6.86. The van der Waals surface area contributed by atoms with Crippen molar-refractivity contribution in [3.63, 3.8) is 0 Å². The highest BCUT2D eigenvalue weighted by Gasteiger charge is 2.36. The SMILES string of the molecule is CC(CC(C)C(=O)O)O[C@@H]1Cc2c(O)cc(O)cc2O[C@@H]1c1ccc(O)c(O)c1. The number of hydrogen-bond donors (Lipinski definition) is 5. The highest BCUT2D eigenvalue weighted by Crippen LogP contribution is 2.44. The number of phenols is 4. The van der Waals surface area contributed by atoms with Gasteiger partial charge in [0, 0.05) is 24.1 Å². The Morgan fingerprint density at radius 1 is 1.10 bits per heavy atom. The first-order chi connectivity index (χ1) is 13.7. The molecule has 3 rings (SSSR count). The van der Waals surface area contributed by atoms with E-state index in [-0.39, 0.29) is 41.6 Å². The molecule has 0 radical (unpaired) electrons. The molecule has 156 valence electrons. The number of carboxylic acid groups (broad SMARTS) is 1. The number of aliphatic carboxylic acids is 1. The van der Waals surface area contributed by atoms with Gasteiger partial charge in [-0.2, -0.15) is 0 Å². The van der Waals surface area contributed by atoms with Crippen molar-refractivity contribution in [1.29, 1.82) is 0 Å². The molecule has 1 aliphatic heterocycles. The number of ether oxygens (including phenoxy) is 2. The average Bonchev–Trinajstić information content (AvgIpc) is 2.63. The number of hydrogen-bond acceptors (Lipinski definition) is 7. The Kier molecular flexibility index (Phi) is 5.74. The highest BCUT2D eigenvalue weighted by atomic mass is 16.6. The third-order valence-corrected chi connectivity index (χ3v) is 5.01. The molecule has 4 atom stereocenters. The fourth-order valence-corrected chi connectivity index (χ4v) is 3.52. The van der Waals surface area contributed by atoms with Crippen molar-refractivity contribution in [2.75, 3.05) is 0 Å². The number of phenolic OH excluding ortho intramolecular Hbond substituents is 4. The normalized spacial score (nSPS) is 20.3. The van der Waals surface area contributed by atoms with Crippen LogP contribution in [-0.4, -0.2) is 43.7 Å². The molecule has 2 aromatic rings. The fraction of sp³-hybridized carbons (Fsp3) is 0.381.